The third kappa shape index (κ3) is 4.02. The summed E-state index contributed by atoms with van der Waals surface area (Å²) >= 11 is 6.03. The summed E-state index contributed by atoms with van der Waals surface area (Å²) in [5.41, 5.74) is 4.22. The lowest BCUT2D eigenvalue weighted by Gasteiger charge is -2.20. The van der Waals surface area contributed by atoms with Gasteiger partial charge in [0.2, 0.25) is 5.91 Å². The minimum atomic E-state index is -0.110. The summed E-state index contributed by atoms with van der Waals surface area (Å²) in [4.78, 5) is 14.0. The smallest absolute Gasteiger partial charge is 0.243 e. The molecule has 0 spiro atoms. The summed E-state index contributed by atoms with van der Waals surface area (Å²) in [5.74, 6) is -0.110. The van der Waals surface area contributed by atoms with Gasteiger partial charge in [0.05, 0.1) is 17.1 Å². The molecule has 2 rings (SSSR count). The summed E-state index contributed by atoms with van der Waals surface area (Å²) in [6.45, 7) is 4.18. The Morgan fingerprint density at radius 2 is 2.04 bits per heavy atom. The van der Waals surface area contributed by atoms with Crippen molar-refractivity contribution < 1.29 is 4.79 Å². The van der Waals surface area contributed by atoms with Crippen LogP contribution in [0.2, 0.25) is 5.02 Å². The molecule has 118 valence electrons. The van der Waals surface area contributed by atoms with Crippen molar-refractivity contribution >= 4 is 28.9 Å². The van der Waals surface area contributed by atoms with E-state index in [1.165, 1.54) is 0 Å². The summed E-state index contributed by atoms with van der Waals surface area (Å²) in [7, 11) is 1.81. The molecule has 1 amide bonds. The molecule has 0 aliphatic carbocycles. The fourth-order valence-corrected chi connectivity index (χ4v) is 2.43. The van der Waals surface area contributed by atoms with Crippen LogP contribution < -0.4 is 10.2 Å². The second-order valence-electron chi connectivity index (χ2n) is 5.43. The van der Waals surface area contributed by atoms with Crippen molar-refractivity contribution in [3.8, 4) is 6.07 Å². The van der Waals surface area contributed by atoms with Crippen LogP contribution in [-0.4, -0.2) is 19.5 Å². The number of aryl methyl sites for hydroxylation is 1. The van der Waals surface area contributed by atoms with Gasteiger partial charge >= 0.3 is 0 Å². The lowest BCUT2D eigenvalue weighted by molar-refractivity contribution is -0.114. The molecule has 0 aromatic heterocycles. The molecule has 2 aromatic rings. The first kappa shape index (κ1) is 16.9. The second-order valence-corrected chi connectivity index (χ2v) is 5.83. The highest BCUT2D eigenvalue weighted by molar-refractivity contribution is 6.32. The van der Waals surface area contributed by atoms with Gasteiger partial charge in [-0.2, -0.15) is 5.26 Å². The van der Waals surface area contributed by atoms with E-state index < -0.39 is 0 Å². The minimum Gasteiger partial charge on any atom is -0.365 e. The maximum absolute atomic E-state index is 12.2. The molecule has 5 heteroatoms. The molecule has 0 heterocycles. The van der Waals surface area contributed by atoms with Gasteiger partial charge in [-0.25, -0.2) is 0 Å². The molecule has 0 bridgehead atoms. The van der Waals surface area contributed by atoms with Crippen LogP contribution in [0.15, 0.2) is 36.4 Å². The maximum atomic E-state index is 12.2. The van der Waals surface area contributed by atoms with Crippen LogP contribution in [0.4, 0.5) is 11.4 Å². The number of carbonyl (C=O) groups is 1. The number of halogens is 1. The Morgan fingerprint density at radius 3 is 2.70 bits per heavy atom. The highest BCUT2D eigenvalue weighted by Gasteiger charge is 2.11. The Kier molecular flexibility index (Phi) is 5.25. The highest BCUT2D eigenvalue weighted by Crippen LogP contribution is 2.23. The number of likely N-dealkylation sites (N-methyl/N-ethyl adjacent to an activating group) is 1. The van der Waals surface area contributed by atoms with Gasteiger partial charge in [0, 0.05) is 18.4 Å². The van der Waals surface area contributed by atoms with Crippen LogP contribution in [0.25, 0.3) is 0 Å². The zero-order valence-electron chi connectivity index (χ0n) is 13.4. The quantitative estimate of drug-likeness (QED) is 0.926. The molecule has 0 radical (unpaired) electrons. The van der Waals surface area contributed by atoms with Gasteiger partial charge in [0.15, 0.2) is 0 Å². The van der Waals surface area contributed by atoms with E-state index in [1.807, 2.05) is 38.1 Å². The third-order valence-electron chi connectivity index (χ3n) is 3.77. The van der Waals surface area contributed by atoms with Gasteiger partial charge in [-0.3, -0.25) is 4.79 Å². The van der Waals surface area contributed by atoms with Gasteiger partial charge in [-0.1, -0.05) is 23.7 Å². The predicted octanol–water partition coefficient (Wildman–Crippen LogP) is 3.90. The standard InChI is InChI=1S/C18H18ClN3O/c1-12-5-4-6-17(13(12)2)21-18(23)11-22(3)15-8-7-14(10-20)16(19)9-15/h4-9H,11H2,1-3H3,(H,21,23). The number of carbonyl (C=O) groups excluding carboxylic acids is 1. The lowest BCUT2D eigenvalue weighted by atomic mass is 10.1. The molecule has 2 aromatic carbocycles. The van der Waals surface area contributed by atoms with Crippen LogP contribution in [0, 0.1) is 25.2 Å². The molecule has 0 unspecified atom stereocenters. The molecular weight excluding hydrogens is 310 g/mol. The number of amides is 1. The van der Waals surface area contributed by atoms with E-state index in [9.17, 15) is 4.79 Å². The van der Waals surface area contributed by atoms with Crippen LogP contribution in [-0.2, 0) is 4.79 Å². The Bertz CT molecular complexity index is 780. The average molecular weight is 328 g/mol. The molecule has 0 aliphatic rings. The zero-order chi connectivity index (χ0) is 17.0. The fourth-order valence-electron chi connectivity index (χ4n) is 2.22. The Hall–Kier alpha value is -2.51. The monoisotopic (exact) mass is 327 g/mol. The maximum Gasteiger partial charge on any atom is 0.243 e. The van der Waals surface area contributed by atoms with Crippen molar-refractivity contribution in [1.82, 2.24) is 0 Å². The Balaban J connectivity index is 2.06. The van der Waals surface area contributed by atoms with Crippen molar-refractivity contribution in [1.29, 1.82) is 5.26 Å². The number of nitrogens with one attached hydrogen (secondary N) is 1. The molecular formula is C18H18ClN3O. The van der Waals surface area contributed by atoms with Gasteiger partial charge in [0.1, 0.15) is 6.07 Å². The van der Waals surface area contributed by atoms with E-state index in [-0.39, 0.29) is 12.5 Å². The van der Waals surface area contributed by atoms with E-state index in [2.05, 4.69) is 5.32 Å². The van der Waals surface area contributed by atoms with Crippen LogP contribution in [0.3, 0.4) is 0 Å². The topological polar surface area (TPSA) is 56.1 Å². The molecule has 0 fully saturated rings. The summed E-state index contributed by atoms with van der Waals surface area (Å²) in [5, 5.41) is 12.2. The number of anilines is 2. The van der Waals surface area contributed by atoms with E-state index in [0.717, 1.165) is 22.5 Å². The number of nitriles is 1. The second kappa shape index (κ2) is 7.17. The summed E-state index contributed by atoms with van der Waals surface area (Å²) in [6.07, 6.45) is 0. The summed E-state index contributed by atoms with van der Waals surface area (Å²) < 4.78 is 0. The Labute approximate surface area is 141 Å². The van der Waals surface area contributed by atoms with Crippen molar-refractivity contribution in [3.63, 3.8) is 0 Å². The third-order valence-corrected chi connectivity index (χ3v) is 4.09. The molecule has 0 saturated heterocycles. The van der Waals surface area contributed by atoms with Crippen LogP contribution >= 0.6 is 11.6 Å². The van der Waals surface area contributed by atoms with Crippen LogP contribution in [0.1, 0.15) is 16.7 Å². The predicted molar refractivity (Wildman–Crippen MR) is 94.0 cm³/mol. The van der Waals surface area contributed by atoms with E-state index in [1.54, 1.807) is 30.1 Å². The van der Waals surface area contributed by atoms with Crippen molar-refractivity contribution in [3.05, 3.63) is 58.1 Å². The van der Waals surface area contributed by atoms with Crippen LogP contribution in [0.5, 0.6) is 0 Å². The number of benzene rings is 2. The normalized spacial score (nSPS) is 10.0. The molecule has 0 atom stereocenters. The van der Waals surface area contributed by atoms with Crippen molar-refractivity contribution in [2.75, 3.05) is 23.8 Å². The fraction of sp³-hybridized carbons (Fsp3) is 0.222. The van der Waals surface area contributed by atoms with Gasteiger partial charge in [-0.15, -0.1) is 0 Å². The molecule has 1 N–H and O–H groups in total. The highest BCUT2D eigenvalue weighted by atomic mass is 35.5. The molecule has 0 saturated carbocycles. The van der Waals surface area contributed by atoms with Crippen molar-refractivity contribution in [2.45, 2.75) is 13.8 Å². The van der Waals surface area contributed by atoms with Gasteiger partial charge < -0.3 is 10.2 Å². The summed E-state index contributed by atoms with van der Waals surface area (Å²) in [6, 6.07) is 12.9. The molecule has 23 heavy (non-hydrogen) atoms. The first-order chi connectivity index (χ1) is 10.9. The average Bonchev–Trinajstić information content (AvgIpc) is 2.51. The first-order valence-corrected chi connectivity index (χ1v) is 7.57. The zero-order valence-corrected chi connectivity index (χ0v) is 14.1. The van der Waals surface area contributed by atoms with E-state index in [0.29, 0.717) is 10.6 Å². The van der Waals surface area contributed by atoms with E-state index in [4.69, 9.17) is 16.9 Å². The van der Waals surface area contributed by atoms with Gasteiger partial charge in [0.25, 0.3) is 0 Å². The van der Waals surface area contributed by atoms with Gasteiger partial charge in [-0.05, 0) is 49.2 Å². The van der Waals surface area contributed by atoms with Crippen molar-refractivity contribution in [2.24, 2.45) is 0 Å². The molecule has 4 nitrogen and oxygen atoms in total. The number of hydrogen-bond donors (Lipinski definition) is 1. The number of nitrogens with zero attached hydrogens (tertiary/aromatic N) is 2. The largest absolute Gasteiger partial charge is 0.365 e. The number of hydrogen-bond acceptors (Lipinski definition) is 3. The minimum absolute atomic E-state index is 0.110. The SMILES string of the molecule is Cc1cccc(NC(=O)CN(C)c2ccc(C#N)c(Cl)c2)c1C. The lowest BCUT2D eigenvalue weighted by Crippen LogP contribution is -2.30. The number of rotatable bonds is 4. The first-order valence-electron chi connectivity index (χ1n) is 7.19. The Morgan fingerprint density at radius 1 is 1.30 bits per heavy atom. The van der Waals surface area contributed by atoms with E-state index >= 15 is 0 Å². The molecule has 0 aliphatic heterocycles.